The van der Waals surface area contributed by atoms with Gasteiger partial charge in [-0.15, -0.1) is 0 Å². The maximum absolute atomic E-state index is 5.80. The van der Waals surface area contributed by atoms with Gasteiger partial charge in [0, 0.05) is 0 Å². The molecule has 3 nitrogen and oxygen atoms in total. The Balaban J connectivity index is 1.44. The summed E-state index contributed by atoms with van der Waals surface area (Å²) in [5.74, 6) is 0. The molecule has 0 atom stereocenters. The van der Waals surface area contributed by atoms with E-state index in [0.29, 0.717) is 6.73 Å². The summed E-state index contributed by atoms with van der Waals surface area (Å²) in [4.78, 5) is 0. The Morgan fingerprint density at radius 1 is 0.846 bits per heavy atom. The van der Waals surface area contributed by atoms with Crippen LogP contribution in [-0.2, 0) is 18.0 Å². The van der Waals surface area contributed by atoms with Crippen LogP contribution in [0.2, 0.25) is 0 Å². The van der Waals surface area contributed by atoms with Crippen LogP contribution in [-0.4, -0.2) is 11.2 Å². The highest BCUT2D eigenvalue weighted by molar-refractivity contribution is 5.13. The van der Waals surface area contributed by atoms with Crippen molar-refractivity contribution in [1.29, 1.82) is 0 Å². The third-order valence-corrected chi connectivity index (χ3v) is 4.84. The van der Waals surface area contributed by atoms with Crippen LogP contribution in [0.5, 0.6) is 0 Å². The minimum absolute atomic E-state index is 0.652. The Hall–Kier alpha value is -1.61. The highest BCUT2D eigenvalue weighted by Gasteiger charge is 2.04. The van der Waals surface area contributed by atoms with Crippen molar-refractivity contribution in [2.75, 3.05) is 6.61 Å². The molecule has 1 heterocycles. The van der Waals surface area contributed by atoms with E-state index in [1.54, 1.807) is 0 Å². The molecule has 0 fully saturated rings. The Kier molecular flexibility index (Phi) is 10.8. The molecule has 0 aliphatic carbocycles. The molecule has 144 valence electrons. The van der Waals surface area contributed by atoms with Gasteiger partial charge in [-0.3, -0.25) is 0 Å². The van der Waals surface area contributed by atoms with Gasteiger partial charge in [-0.1, -0.05) is 95.0 Å². The number of benzene rings is 1. The van der Waals surface area contributed by atoms with E-state index in [1.165, 1.54) is 69.8 Å². The van der Waals surface area contributed by atoms with Crippen molar-refractivity contribution in [3.8, 4) is 0 Å². The zero-order chi connectivity index (χ0) is 18.3. The fraction of sp³-hybridized carbons (Fsp3) is 0.609. The SMILES string of the molecule is CCCCCCCCCCCCOCn1cc[n+](Cc2ccccc2)c1. The molecule has 2 aromatic rings. The Labute approximate surface area is 160 Å². The third-order valence-electron chi connectivity index (χ3n) is 4.84. The lowest BCUT2D eigenvalue weighted by Gasteiger charge is -2.03. The van der Waals surface area contributed by atoms with Gasteiger partial charge >= 0.3 is 0 Å². The molecule has 1 aromatic carbocycles. The van der Waals surface area contributed by atoms with Crippen LogP contribution in [0.4, 0.5) is 0 Å². The topological polar surface area (TPSA) is 18.0 Å². The quantitative estimate of drug-likeness (QED) is 0.294. The van der Waals surface area contributed by atoms with Gasteiger partial charge < -0.3 is 4.74 Å². The number of ether oxygens (including phenoxy) is 1. The molecule has 0 unspecified atom stereocenters. The summed E-state index contributed by atoms with van der Waals surface area (Å²) in [6, 6.07) is 10.5. The average Bonchev–Trinajstić information content (AvgIpc) is 3.11. The first kappa shape index (κ1) is 20.7. The molecule has 1 aromatic heterocycles. The second kappa shape index (κ2) is 13.6. The van der Waals surface area contributed by atoms with Crippen molar-refractivity contribution in [3.05, 3.63) is 54.6 Å². The summed E-state index contributed by atoms with van der Waals surface area (Å²) in [6.45, 7) is 4.71. The van der Waals surface area contributed by atoms with Crippen molar-refractivity contribution in [2.45, 2.75) is 84.4 Å². The number of unbranched alkanes of at least 4 members (excludes halogenated alkanes) is 9. The first-order valence-corrected chi connectivity index (χ1v) is 10.5. The number of imidazole rings is 1. The molecule has 0 radical (unpaired) electrons. The Morgan fingerprint density at radius 2 is 1.50 bits per heavy atom. The summed E-state index contributed by atoms with van der Waals surface area (Å²) >= 11 is 0. The lowest BCUT2D eigenvalue weighted by Crippen LogP contribution is -2.31. The van der Waals surface area contributed by atoms with E-state index in [2.05, 4.69) is 65.1 Å². The molecule has 0 aliphatic rings. The third kappa shape index (κ3) is 9.19. The molecule has 0 spiro atoms. The van der Waals surface area contributed by atoms with Crippen LogP contribution in [0, 0.1) is 0 Å². The highest BCUT2D eigenvalue weighted by Crippen LogP contribution is 2.10. The first-order valence-electron chi connectivity index (χ1n) is 10.5. The monoisotopic (exact) mass is 357 g/mol. The van der Waals surface area contributed by atoms with E-state index in [0.717, 1.165) is 13.2 Å². The molecule has 0 N–H and O–H groups in total. The van der Waals surface area contributed by atoms with Crippen molar-refractivity contribution in [1.82, 2.24) is 4.57 Å². The van der Waals surface area contributed by atoms with E-state index in [9.17, 15) is 0 Å². The minimum atomic E-state index is 0.652. The van der Waals surface area contributed by atoms with Gasteiger partial charge in [0.2, 0.25) is 6.33 Å². The highest BCUT2D eigenvalue weighted by atomic mass is 16.5. The van der Waals surface area contributed by atoms with Crippen LogP contribution >= 0.6 is 0 Å². The second-order valence-electron chi connectivity index (χ2n) is 7.31. The van der Waals surface area contributed by atoms with E-state index in [4.69, 9.17) is 4.74 Å². The number of hydrogen-bond donors (Lipinski definition) is 0. The molecule has 0 amide bonds. The van der Waals surface area contributed by atoms with Gasteiger partial charge in [0.05, 0.1) is 6.61 Å². The predicted octanol–water partition coefficient (Wildman–Crippen LogP) is 5.72. The molecule has 0 saturated heterocycles. The van der Waals surface area contributed by atoms with Gasteiger partial charge in [0.15, 0.2) is 6.73 Å². The van der Waals surface area contributed by atoms with E-state index in [1.807, 2.05) is 0 Å². The second-order valence-corrected chi connectivity index (χ2v) is 7.31. The Bertz CT molecular complexity index is 565. The lowest BCUT2D eigenvalue weighted by atomic mass is 10.1. The fourth-order valence-electron chi connectivity index (χ4n) is 3.26. The summed E-state index contributed by atoms with van der Waals surface area (Å²) < 4.78 is 10.1. The molecule has 0 aliphatic heterocycles. The molecule has 2 rings (SSSR count). The van der Waals surface area contributed by atoms with Crippen molar-refractivity contribution >= 4 is 0 Å². The molecular weight excluding hydrogens is 320 g/mol. The van der Waals surface area contributed by atoms with Gasteiger partial charge in [0.25, 0.3) is 0 Å². The normalized spacial score (nSPS) is 11.1. The molecule has 0 saturated carbocycles. The van der Waals surface area contributed by atoms with Gasteiger partial charge in [-0.05, 0) is 12.0 Å². The van der Waals surface area contributed by atoms with Crippen LogP contribution in [0.25, 0.3) is 0 Å². The summed E-state index contributed by atoms with van der Waals surface area (Å²) in [5, 5.41) is 0. The number of aromatic nitrogens is 2. The largest absolute Gasteiger partial charge is 0.342 e. The van der Waals surface area contributed by atoms with Crippen LogP contribution in [0.1, 0.15) is 76.7 Å². The van der Waals surface area contributed by atoms with Crippen LogP contribution < -0.4 is 4.57 Å². The molecule has 26 heavy (non-hydrogen) atoms. The van der Waals surface area contributed by atoms with Gasteiger partial charge in [0.1, 0.15) is 18.9 Å². The number of rotatable bonds is 15. The maximum Gasteiger partial charge on any atom is 0.245 e. The Morgan fingerprint density at radius 3 is 2.19 bits per heavy atom. The maximum atomic E-state index is 5.80. The minimum Gasteiger partial charge on any atom is -0.342 e. The lowest BCUT2D eigenvalue weighted by molar-refractivity contribution is -0.688. The van der Waals surface area contributed by atoms with Crippen molar-refractivity contribution in [2.24, 2.45) is 0 Å². The first-order chi connectivity index (χ1) is 12.9. The van der Waals surface area contributed by atoms with Crippen LogP contribution in [0.3, 0.4) is 0 Å². The molecule has 3 heteroatoms. The van der Waals surface area contributed by atoms with E-state index < -0.39 is 0 Å². The zero-order valence-electron chi connectivity index (χ0n) is 16.6. The summed E-state index contributed by atoms with van der Waals surface area (Å²) in [7, 11) is 0. The average molecular weight is 358 g/mol. The molecular formula is C23H37N2O+. The summed E-state index contributed by atoms with van der Waals surface area (Å²) in [6.07, 6.45) is 20.0. The van der Waals surface area contributed by atoms with Crippen LogP contribution in [0.15, 0.2) is 49.1 Å². The standard InChI is InChI=1S/C23H37N2O/c1-2-3-4-5-6-7-8-9-10-14-19-26-22-25-18-17-24(21-25)20-23-15-12-11-13-16-23/h11-13,15-18,21H,2-10,14,19-20,22H2,1H3/q+1. The van der Waals surface area contributed by atoms with Gasteiger partial charge in [-0.2, -0.15) is 0 Å². The summed E-state index contributed by atoms with van der Waals surface area (Å²) in [5.41, 5.74) is 1.32. The fourth-order valence-corrected chi connectivity index (χ4v) is 3.26. The molecule has 0 bridgehead atoms. The van der Waals surface area contributed by atoms with Gasteiger partial charge in [-0.25, -0.2) is 9.13 Å². The zero-order valence-corrected chi connectivity index (χ0v) is 16.6. The van der Waals surface area contributed by atoms with Crippen molar-refractivity contribution < 1.29 is 9.30 Å². The van der Waals surface area contributed by atoms with Crippen molar-refractivity contribution in [3.63, 3.8) is 0 Å². The predicted molar refractivity (Wildman–Crippen MR) is 108 cm³/mol. The van der Waals surface area contributed by atoms with E-state index in [-0.39, 0.29) is 0 Å². The number of nitrogens with zero attached hydrogens (tertiary/aromatic N) is 2. The van der Waals surface area contributed by atoms with E-state index >= 15 is 0 Å². The number of hydrogen-bond acceptors (Lipinski definition) is 1. The smallest absolute Gasteiger partial charge is 0.245 e.